The quantitative estimate of drug-likeness (QED) is 0.558. The van der Waals surface area contributed by atoms with E-state index in [-0.39, 0.29) is 5.56 Å². The lowest BCUT2D eigenvalue weighted by Gasteiger charge is -2.10. The zero-order chi connectivity index (χ0) is 15.0. The predicted molar refractivity (Wildman–Crippen MR) is 92.0 cm³/mol. The SMILES string of the molecule is O=c1c(Br)cc(Br)cn1Cc1cc2ccccc2nc1Cl. The summed E-state index contributed by atoms with van der Waals surface area (Å²) < 4.78 is 2.91. The van der Waals surface area contributed by atoms with Crippen LogP contribution >= 0.6 is 43.5 Å². The van der Waals surface area contributed by atoms with Gasteiger partial charge in [0.1, 0.15) is 5.15 Å². The minimum atomic E-state index is -0.109. The Labute approximate surface area is 142 Å². The Hall–Kier alpha value is -1.17. The lowest BCUT2D eigenvalue weighted by molar-refractivity contribution is 0.750. The maximum Gasteiger partial charge on any atom is 0.265 e. The molecule has 0 bridgehead atoms. The highest BCUT2D eigenvalue weighted by molar-refractivity contribution is 9.11. The molecule has 2 aromatic heterocycles. The molecule has 0 saturated heterocycles. The Morgan fingerprint density at radius 1 is 1.19 bits per heavy atom. The molecule has 0 unspecified atom stereocenters. The van der Waals surface area contributed by atoms with Crippen LogP contribution in [0.2, 0.25) is 5.15 Å². The van der Waals surface area contributed by atoms with Gasteiger partial charge in [-0.05, 0) is 50.1 Å². The van der Waals surface area contributed by atoms with E-state index in [0.717, 1.165) is 20.9 Å². The van der Waals surface area contributed by atoms with E-state index in [1.165, 1.54) is 0 Å². The van der Waals surface area contributed by atoms with Crippen molar-refractivity contribution in [1.82, 2.24) is 9.55 Å². The minimum Gasteiger partial charge on any atom is -0.309 e. The molecular weight excluding hydrogens is 419 g/mol. The van der Waals surface area contributed by atoms with Crippen LogP contribution in [0.4, 0.5) is 0 Å². The first kappa shape index (κ1) is 14.8. The fraction of sp³-hybridized carbons (Fsp3) is 0.0667. The molecule has 21 heavy (non-hydrogen) atoms. The second-order valence-corrected chi connectivity index (χ2v) is 6.70. The summed E-state index contributed by atoms with van der Waals surface area (Å²) in [6.07, 6.45) is 1.73. The molecule has 0 aliphatic carbocycles. The lowest BCUT2D eigenvalue weighted by atomic mass is 10.1. The Morgan fingerprint density at radius 2 is 1.95 bits per heavy atom. The van der Waals surface area contributed by atoms with Gasteiger partial charge in [0, 0.05) is 21.6 Å². The highest BCUT2D eigenvalue weighted by Crippen LogP contribution is 2.22. The highest BCUT2D eigenvalue weighted by atomic mass is 79.9. The van der Waals surface area contributed by atoms with Crippen LogP contribution < -0.4 is 5.56 Å². The fourth-order valence-corrected chi connectivity index (χ4v) is 3.58. The van der Waals surface area contributed by atoms with Crippen molar-refractivity contribution >= 4 is 54.4 Å². The zero-order valence-electron chi connectivity index (χ0n) is 10.7. The third-order valence-corrected chi connectivity index (χ3v) is 4.43. The van der Waals surface area contributed by atoms with Crippen molar-refractivity contribution < 1.29 is 0 Å². The van der Waals surface area contributed by atoms with Crippen LogP contribution in [0.5, 0.6) is 0 Å². The molecular formula is C15H9Br2ClN2O. The first-order valence-electron chi connectivity index (χ1n) is 6.14. The lowest BCUT2D eigenvalue weighted by Crippen LogP contribution is -2.21. The highest BCUT2D eigenvalue weighted by Gasteiger charge is 2.09. The molecule has 6 heteroatoms. The number of hydrogen-bond acceptors (Lipinski definition) is 2. The second kappa shape index (κ2) is 5.91. The summed E-state index contributed by atoms with van der Waals surface area (Å²) in [6, 6.07) is 11.4. The topological polar surface area (TPSA) is 34.9 Å². The van der Waals surface area contributed by atoms with Gasteiger partial charge in [0.25, 0.3) is 5.56 Å². The van der Waals surface area contributed by atoms with Crippen LogP contribution in [0, 0.1) is 0 Å². The van der Waals surface area contributed by atoms with Crippen molar-refractivity contribution in [2.75, 3.05) is 0 Å². The van der Waals surface area contributed by atoms with E-state index < -0.39 is 0 Å². The van der Waals surface area contributed by atoms with Crippen molar-refractivity contribution in [1.29, 1.82) is 0 Å². The Bertz CT molecular complexity index is 892. The van der Waals surface area contributed by atoms with E-state index in [1.807, 2.05) is 30.3 Å². The Balaban J connectivity index is 2.10. The van der Waals surface area contributed by atoms with Gasteiger partial charge in [0.15, 0.2) is 0 Å². The van der Waals surface area contributed by atoms with Gasteiger partial charge < -0.3 is 4.57 Å². The molecule has 0 N–H and O–H groups in total. The molecule has 3 aromatic rings. The first-order valence-corrected chi connectivity index (χ1v) is 8.10. The van der Waals surface area contributed by atoms with Crippen molar-refractivity contribution in [3.8, 4) is 0 Å². The molecule has 0 atom stereocenters. The number of benzene rings is 1. The average molecular weight is 429 g/mol. The van der Waals surface area contributed by atoms with Crippen LogP contribution in [0.1, 0.15) is 5.56 Å². The average Bonchev–Trinajstić information content (AvgIpc) is 2.45. The summed E-state index contributed by atoms with van der Waals surface area (Å²) in [4.78, 5) is 16.5. The van der Waals surface area contributed by atoms with Crippen LogP contribution in [-0.2, 0) is 6.54 Å². The number of rotatable bonds is 2. The monoisotopic (exact) mass is 426 g/mol. The smallest absolute Gasteiger partial charge is 0.265 e. The van der Waals surface area contributed by atoms with E-state index in [4.69, 9.17) is 11.6 Å². The third-order valence-electron chi connectivity index (χ3n) is 3.10. The Kier molecular flexibility index (Phi) is 4.15. The van der Waals surface area contributed by atoms with Gasteiger partial charge in [0.2, 0.25) is 0 Å². The minimum absolute atomic E-state index is 0.109. The van der Waals surface area contributed by atoms with E-state index in [1.54, 1.807) is 16.8 Å². The normalized spacial score (nSPS) is 11.0. The van der Waals surface area contributed by atoms with Gasteiger partial charge in [-0.25, -0.2) is 4.98 Å². The molecule has 3 nitrogen and oxygen atoms in total. The summed E-state index contributed by atoms with van der Waals surface area (Å²) in [7, 11) is 0. The molecule has 1 aromatic carbocycles. The summed E-state index contributed by atoms with van der Waals surface area (Å²) in [5, 5.41) is 1.41. The second-order valence-electron chi connectivity index (χ2n) is 4.57. The molecule has 0 aliphatic heterocycles. The van der Waals surface area contributed by atoms with Gasteiger partial charge in [-0.2, -0.15) is 0 Å². The molecule has 106 valence electrons. The number of pyridine rings is 2. The van der Waals surface area contributed by atoms with Gasteiger partial charge in [0.05, 0.1) is 16.5 Å². The number of fused-ring (bicyclic) bond motifs is 1. The predicted octanol–water partition coefficient (Wildman–Crippen LogP) is 4.62. The third kappa shape index (κ3) is 3.05. The number of para-hydroxylation sites is 1. The van der Waals surface area contributed by atoms with Gasteiger partial charge in [-0.15, -0.1) is 0 Å². The molecule has 0 aliphatic rings. The Morgan fingerprint density at radius 3 is 2.76 bits per heavy atom. The van der Waals surface area contributed by atoms with E-state index in [9.17, 15) is 4.79 Å². The van der Waals surface area contributed by atoms with Gasteiger partial charge in [-0.3, -0.25) is 4.79 Å². The van der Waals surface area contributed by atoms with E-state index in [0.29, 0.717) is 16.2 Å². The van der Waals surface area contributed by atoms with Gasteiger partial charge in [-0.1, -0.05) is 29.8 Å². The maximum absolute atomic E-state index is 12.1. The largest absolute Gasteiger partial charge is 0.309 e. The van der Waals surface area contributed by atoms with E-state index >= 15 is 0 Å². The van der Waals surface area contributed by atoms with Gasteiger partial charge >= 0.3 is 0 Å². The molecule has 0 saturated carbocycles. The maximum atomic E-state index is 12.1. The number of nitrogens with zero attached hydrogens (tertiary/aromatic N) is 2. The first-order chi connectivity index (χ1) is 10.0. The summed E-state index contributed by atoms with van der Waals surface area (Å²) in [5.41, 5.74) is 1.54. The van der Waals surface area contributed by atoms with Crippen molar-refractivity contribution in [3.05, 3.63) is 72.6 Å². The van der Waals surface area contributed by atoms with E-state index in [2.05, 4.69) is 36.8 Å². The summed E-state index contributed by atoms with van der Waals surface area (Å²) in [5.74, 6) is 0. The van der Waals surface area contributed by atoms with Crippen molar-refractivity contribution in [2.45, 2.75) is 6.54 Å². The van der Waals surface area contributed by atoms with Crippen LogP contribution in [-0.4, -0.2) is 9.55 Å². The summed E-state index contributed by atoms with van der Waals surface area (Å²) in [6.45, 7) is 0.369. The number of halogens is 3. The van der Waals surface area contributed by atoms with Crippen LogP contribution in [0.15, 0.2) is 56.3 Å². The number of hydrogen-bond donors (Lipinski definition) is 0. The molecule has 0 amide bonds. The fourth-order valence-electron chi connectivity index (χ4n) is 2.11. The molecule has 0 radical (unpaired) electrons. The van der Waals surface area contributed by atoms with Crippen molar-refractivity contribution in [2.24, 2.45) is 0 Å². The molecule has 3 rings (SSSR count). The summed E-state index contributed by atoms with van der Waals surface area (Å²) >= 11 is 12.9. The number of aromatic nitrogens is 2. The molecule has 0 fully saturated rings. The standard InChI is InChI=1S/C15H9Br2ClN2O/c16-11-6-12(17)15(21)20(8-11)7-10-5-9-3-1-2-4-13(9)19-14(10)18/h1-6,8H,7H2. The van der Waals surface area contributed by atoms with Crippen molar-refractivity contribution in [3.63, 3.8) is 0 Å². The molecule has 0 spiro atoms. The van der Waals surface area contributed by atoms with Crippen LogP contribution in [0.25, 0.3) is 10.9 Å². The van der Waals surface area contributed by atoms with Crippen LogP contribution in [0.3, 0.4) is 0 Å². The molecule has 2 heterocycles. The zero-order valence-corrected chi connectivity index (χ0v) is 14.6.